The summed E-state index contributed by atoms with van der Waals surface area (Å²) in [5.74, 6) is 1.86. The zero-order valence-electron chi connectivity index (χ0n) is 8.41. The summed E-state index contributed by atoms with van der Waals surface area (Å²) in [4.78, 5) is 0. The first-order chi connectivity index (χ1) is 6.45. The lowest BCUT2D eigenvalue weighted by Gasteiger charge is -2.24. The molecule has 2 aliphatic carbocycles. The van der Waals surface area contributed by atoms with Crippen LogP contribution < -0.4 is 0 Å². The van der Waals surface area contributed by atoms with Crippen LogP contribution in [0.4, 0.5) is 0 Å². The Balaban J connectivity index is 2.03. The van der Waals surface area contributed by atoms with Gasteiger partial charge in [0.25, 0.3) is 0 Å². The smallest absolute Gasteiger partial charge is 0.0228 e. The second-order valence-corrected chi connectivity index (χ2v) is 4.55. The Hall–Kier alpha value is -0.520. The van der Waals surface area contributed by atoms with Gasteiger partial charge < -0.3 is 0 Å². The summed E-state index contributed by atoms with van der Waals surface area (Å²) in [5.41, 5.74) is 0. The van der Waals surface area contributed by atoms with Gasteiger partial charge in [0, 0.05) is 0 Å². The molecule has 0 aromatic carbocycles. The Morgan fingerprint density at radius 1 is 0.923 bits per heavy atom. The predicted octanol–water partition coefficient (Wildman–Crippen LogP) is 4.09. The molecule has 72 valence electrons. The van der Waals surface area contributed by atoms with Crippen molar-refractivity contribution in [1.82, 2.24) is 0 Å². The van der Waals surface area contributed by atoms with E-state index in [2.05, 4.69) is 24.3 Å². The van der Waals surface area contributed by atoms with Crippen molar-refractivity contribution in [3.05, 3.63) is 24.3 Å². The van der Waals surface area contributed by atoms with Crippen molar-refractivity contribution in [3.63, 3.8) is 0 Å². The lowest BCUT2D eigenvalue weighted by atomic mass is 9.81. The van der Waals surface area contributed by atoms with Crippen molar-refractivity contribution in [2.24, 2.45) is 11.8 Å². The van der Waals surface area contributed by atoms with Crippen LogP contribution in [0.25, 0.3) is 0 Å². The Kier molecular flexibility index (Phi) is 3.23. The highest BCUT2D eigenvalue weighted by atomic mass is 14.2. The van der Waals surface area contributed by atoms with Crippen LogP contribution in [0, 0.1) is 11.8 Å². The van der Waals surface area contributed by atoms with Gasteiger partial charge >= 0.3 is 0 Å². The van der Waals surface area contributed by atoms with Crippen molar-refractivity contribution < 1.29 is 0 Å². The highest BCUT2D eigenvalue weighted by molar-refractivity contribution is 5.07. The molecule has 0 aromatic rings. The van der Waals surface area contributed by atoms with E-state index in [1.165, 1.54) is 44.9 Å². The standard InChI is InChI=1S/C13H20/c1-3-7-12-9-5-2-6-10-13(11-12)8-4-1/h1,3-4,7,12-13H,2,5-6,8-11H2. The lowest BCUT2D eigenvalue weighted by molar-refractivity contribution is 0.333. The topological polar surface area (TPSA) is 0 Å². The van der Waals surface area contributed by atoms with Crippen LogP contribution in [0.5, 0.6) is 0 Å². The average Bonchev–Trinajstić information content (AvgIpc) is 2.00. The summed E-state index contributed by atoms with van der Waals surface area (Å²) in [6.07, 6.45) is 19.3. The molecule has 0 spiro atoms. The molecule has 2 unspecified atom stereocenters. The summed E-state index contributed by atoms with van der Waals surface area (Å²) >= 11 is 0. The van der Waals surface area contributed by atoms with Crippen molar-refractivity contribution in [3.8, 4) is 0 Å². The van der Waals surface area contributed by atoms with E-state index in [1.54, 1.807) is 0 Å². The molecule has 0 radical (unpaired) electrons. The van der Waals surface area contributed by atoms with Crippen molar-refractivity contribution in [2.45, 2.75) is 44.9 Å². The van der Waals surface area contributed by atoms with Crippen LogP contribution in [0.2, 0.25) is 0 Å². The van der Waals surface area contributed by atoms with Crippen molar-refractivity contribution in [2.75, 3.05) is 0 Å². The Morgan fingerprint density at radius 3 is 2.85 bits per heavy atom. The van der Waals surface area contributed by atoms with E-state index in [0.717, 1.165) is 11.8 Å². The molecule has 0 aliphatic heterocycles. The van der Waals surface area contributed by atoms with Gasteiger partial charge in [-0.2, -0.15) is 0 Å². The van der Waals surface area contributed by atoms with E-state index in [4.69, 9.17) is 0 Å². The van der Waals surface area contributed by atoms with Crippen molar-refractivity contribution >= 4 is 0 Å². The Morgan fingerprint density at radius 2 is 1.85 bits per heavy atom. The van der Waals surface area contributed by atoms with E-state index >= 15 is 0 Å². The van der Waals surface area contributed by atoms with E-state index in [9.17, 15) is 0 Å². The number of rotatable bonds is 0. The average molecular weight is 176 g/mol. The molecule has 2 atom stereocenters. The van der Waals surface area contributed by atoms with Crippen LogP contribution in [0.15, 0.2) is 24.3 Å². The molecule has 1 fully saturated rings. The van der Waals surface area contributed by atoms with Gasteiger partial charge in [-0.25, -0.2) is 0 Å². The number of hydrogen-bond donors (Lipinski definition) is 0. The first-order valence-corrected chi connectivity index (χ1v) is 5.78. The van der Waals surface area contributed by atoms with Crippen molar-refractivity contribution in [1.29, 1.82) is 0 Å². The molecule has 2 bridgehead atoms. The van der Waals surface area contributed by atoms with E-state index in [0.29, 0.717) is 0 Å². The number of fused-ring (bicyclic) bond motifs is 2. The molecule has 0 heterocycles. The fourth-order valence-corrected chi connectivity index (χ4v) is 2.64. The molecule has 13 heavy (non-hydrogen) atoms. The third kappa shape index (κ3) is 2.72. The molecule has 2 rings (SSSR count). The minimum Gasteiger partial charge on any atom is -0.0843 e. The first kappa shape index (κ1) is 9.05. The second-order valence-electron chi connectivity index (χ2n) is 4.55. The van der Waals surface area contributed by atoms with Crippen LogP contribution in [-0.2, 0) is 0 Å². The minimum absolute atomic E-state index is 0.884. The highest BCUT2D eigenvalue weighted by Gasteiger charge is 2.16. The van der Waals surface area contributed by atoms with Gasteiger partial charge in [-0.3, -0.25) is 0 Å². The largest absolute Gasteiger partial charge is 0.0843 e. The molecule has 0 amide bonds. The monoisotopic (exact) mass is 176 g/mol. The molecule has 2 aliphatic rings. The van der Waals surface area contributed by atoms with Gasteiger partial charge in [0.1, 0.15) is 0 Å². The fourth-order valence-electron chi connectivity index (χ4n) is 2.64. The lowest BCUT2D eigenvalue weighted by Crippen LogP contribution is -2.11. The quantitative estimate of drug-likeness (QED) is 0.521. The van der Waals surface area contributed by atoms with E-state index in [1.807, 2.05) is 0 Å². The molecular weight excluding hydrogens is 156 g/mol. The molecule has 1 saturated carbocycles. The molecule has 0 nitrogen and oxygen atoms in total. The third-order valence-corrected chi connectivity index (χ3v) is 3.42. The summed E-state index contributed by atoms with van der Waals surface area (Å²) in [6, 6.07) is 0. The van der Waals surface area contributed by atoms with Gasteiger partial charge in [-0.1, -0.05) is 50.0 Å². The summed E-state index contributed by atoms with van der Waals surface area (Å²) in [5, 5.41) is 0. The SMILES string of the molecule is C1=CCC2CCCCCC(C=C1)C2. The van der Waals surface area contributed by atoms with Gasteiger partial charge in [-0.15, -0.1) is 0 Å². The number of hydrogen-bond acceptors (Lipinski definition) is 0. The van der Waals surface area contributed by atoms with Crippen LogP contribution >= 0.6 is 0 Å². The minimum atomic E-state index is 0.884. The molecule has 0 heteroatoms. The predicted molar refractivity (Wildman–Crippen MR) is 57.6 cm³/mol. The zero-order valence-corrected chi connectivity index (χ0v) is 8.41. The maximum atomic E-state index is 2.42. The zero-order chi connectivity index (χ0) is 8.93. The van der Waals surface area contributed by atoms with Gasteiger partial charge in [-0.05, 0) is 31.1 Å². The molecule has 0 N–H and O–H groups in total. The van der Waals surface area contributed by atoms with Crippen LogP contribution in [-0.4, -0.2) is 0 Å². The third-order valence-electron chi connectivity index (χ3n) is 3.42. The Labute approximate surface area is 81.7 Å². The first-order valence-electron chi connectivity index (χ1n) is 5.78. The van der Waals surface area contributed by atoms with E-state index in [-0.39, 0.29) is 0 Å². The van der Waals surface area contributed by atoms with Gasteiger partial charge in [0.15, 0.2) is 0 Å². The second kappa shape index (κ2) is 4.64. The van der Waals surface area contributed by atoms with Gasteiger partial charge in [0.2, 0.25) is 0 Å². The van der Waals surface area contributed by atoms with Crippen LogP contribution in [0.3, 0.4) is 0 Å². The summed E-state index contributed by atoms with van der Waals surface area (Å²) in [7, 11) is 0. The van der Waals surface area contributed by atoms with E-state index < -0.39 is 0 Å². The maximum Gasteiger partial charge on any atom is -0.0228 e. The normalized spacial score (nSPS) is 34.5. The maximum absolute atomic E-state index is 2.42. The summed E-state index contributed by atoms with van der Waals surface area (Å²) < 4.78 is 0. The van der Waals surface area contributed by atoms with Gasteiger partial charge in [0.05, 0.1) is 0 Å². The number of allylic oxidation sites excluding steroid dienone is 4. The summed E-state index contributed by atoms with van der Waals surface area (Å²) in [6.45, 7) is 0. The Bertz CT molecular complexity index is 200. The molecule has 0 aromatic heterocycles. The molecular formula is C13H20. The highest BCUT2D eigenvalue weighted by Crippen LogP contribution is 2.30. The van der Waals surface area contributed by atoms with Crippen LogP contribution in [0.1, 0.15) is 44.9 Å². The fraction of sp³-hybridized carbons (Fsp3) is 0.692. The molecule has 0 saturated heterocycles.